The van der Waals surface area contributed by atoms with E-state index in [1.165, 1.54) is 0 Å². The van der Waals surface area contributed by atoms with E-state index in [0.29, 0.717) is 0 Å². The third-order valence-electron chi connectivity index (χ3n) is 4.15. The van der Waals surface area contributed by atoms with Crippen molar-refractivity contribution >= 4 is 10.0 Å². The van der Waals surface area contributed by atoms with Crippen molar-refractivity contribution in [1.29, 1.82) is 0 Å². The Morgan fingerprint density at radius 3 is 2.30 bits per heavy atom. The number of primary sulfonamides is 1. The van der Waals surface area contributed by atoms with Crippen LogP contribution in [0.3, 0.4) is 0 Å². The molecule has 1 atom stereocenters. The number of aromatic nitrogens is 3. The number of rotatable bonds is 2. The average molecular weight is 300 g/mol. The SMILES string of the molecule is CC1(C)CCCC1c1nnc(S(N)(=O)=O)n1C(C)(C)C. The van der Waals surface area contributed by atoms with E-state index < -0.39 is 15.6 Å². The molecule has 0 bridgehead atoms. The van der Waals surface area contributed by atoms with Crippen molar-refractivity contribution in [2.45, 2.75) is 70.5 Å². The van der Waals surface area contributed by atoms with Gasteiger partial charge in [0.2, 0.25) is 0 Å². The van der Waals surface area contributed by atoms with Crippen LogP contribution >= 0.6 is 0 Å². The lowest BCUT2D eigenvalue weighted by atomic mass is 9.81. The van der Waals surface area contributed by atoms with E-state index in [-0.39, 0.29) is 16.5 Å². The van der Waals surface area contributed by atoms with Gasteiger partial charge in [-0.3, -0.25) is 4.57 Å². The summed E-state index contributed by atoms with van der Waals surface area (Å²) in [4.78, 5) is 0. The molecule has 0 saturated heterocycles. The number of nitrogens with two attached hydrogens (primary N) is 1. The first-order chi connectivity index (χ1) is 8.94. The molecule has 1 saturated carbocycles. The molecule has 1 aromatic heterocycles. The van der Waals surface area contributed by atoms with Gasteiger partial charge in [0.1, 0.15) is 5.82 Å². The highest BCUT2D eigenvalue weighted by molar-refractivity contribution is 7.89. The first kappa shape index (κ1) is 15.4. The van der Waals surface area contributed by atoms with E-state index in [4.69, 9.17) is 5.14 Å². The second-order valence-corrected chi connectivity index (χ2v) is 8.78. The van der Waals surface area contributed by atoms with Crippen LogP contribution in [-0.4, -0.2) is 23.2 Å². The topological polar surface area (TPSA) is 90.9 Å². The molecule has 2 rings (SSSR count). The highest BCUT2D eigenvalue weighted by Gasteiger charge is 2.41. The van der Waals surface area contributed by atoms with Crippen LogP contribution in [0.15, 0.2) is 5.16 Å². The van der Waals surface area contributed by atoms with Gasteiger partial charge in [-0.25, -0.2) is 13.6 Å². The molecule has 1 aromatic rings. The van der Waals surface area contributed by atoms with Crippen molar-refractivity contribution in [3.8, 4) is 0 Å². The minimum Gasteiger partial charge on any atom is -0.295 e. The maximum Gasteiger partial charge on any atom is 0.273 e. The lowest BCUT2D eigenvalue weighted by molar-refractivity contribution is 0.282. The predicted octanol–water partition coefficient (Wildman–Crippen LogP) is 1.97. The van der Waals surface area contributed by atoms with Crippen molar-refractivity contribution in [2.75, 3.05) is 0 Å². The lowest BCUT2D eigenvalue weighted by Crippen LogP contribution is -2.32. The van der Waals surface area contributed by atoms with Gasteiger partial charge >= 0.3 is 0 Å². The molecule has 1 fully saturated rings. The molecular formula is C13H24N4O2S. The number of sulfonamides is 1. The zero-order valence-corrected chi connectivity index (χ0v) is 13.7. The molecule has 114 valence electrons. The molecule has 1 aliphatic carbocycles. The van der Waals surface area contributed by atoms with E-state index in [1.807, 2.05) is 20.8 Å². The van der Waals surface area contributed by atoms with Crippen LogP contribution in [0.25, 0.3) is 0 Å². The summed E-state index contributed by atoms with van der Waals surface area (Å²) in [5.41, 5.74) is -0.328. The summed E-state index contributed by atoms with van der Waals surface area (Å²) < 4.78 is 25.2. The zero-order chi connectivity index (χ0) is 15.3. The number of hydrogen-bond acceptors (Lipinski definition) is 4. The molecule has 0 radical (unpaired) electrons. The van der Waals surface area contributed by atoms with Gasteiger partial charge in [-0.05, 0) is 39.0 Å². The predicted molar refractivity (Wildman–Crippen MR) is 76.8 cm³/mol. The maximum atomic E-state index is 11.7. The van der Waals surface area contributed by atoms with Crippen molar-refractivity contribution in [1.82, 2.24) is 14.8 Å². The Kier molecular flexibility index (Phi) is 3.49. The van der Waals surface area contributed by atoms with Gasteiger partial charge in [-0.1, -0.05) is 20.3 Å². The van der Waals surface area contributed by atoms with Crippen LogP contribution in [-0.2, 0) is 15.6 Å². The summed E-state index contributed by atoms with van der Waals surface area (Å²) in [5, 5.41) is 13.2. The molecule has 1 unspecified atom stereocenters. The summed E-state index contributed by atoms with van der Waals surface area (Å²) in [6.45, 7) is 10.2. The van der Waals surface area contributed by atoms with Crippen LogP contribution in [0.4, 0.5) is 0 Å². The maximum absolute atomic E-state index is 11.7. The van der Waals surface area contributed by atoms with Gasteiger partial charge < -0.3 is 0 Å². The smallest absolute Gasteiger partial charge is 0.273 e. The molecule has 1 aliphatic rings. The van der Waals surface area contributed by atoms with Gasteiger partial charge in [-0.15, -0.1) is 10.2 Å². The van der Waals surface area contributed by atoms with E-state index in [2.05, 4.69) is 24.0 Å². The third kappa shape index (κ3) is 2.61. The van der Waals surface area contributed by atoms with Gasteiger partial charge in [0.15, 0.2) is 0 Å². The van der Waals surface area contributed by atoms with Gasteiger partial charge in [0.25, 0.3) is 15.2 Å². The van der Waals surface area contributed by atoms with Crippen LogP contribution in [0.2, 0.25) is 0 Å². The van der Waals surface area contributed by atoms with Crippen molar-refractivity contribution in [3.05, 3.63) is 5.82 Å². The number of hydrogen-bond donors (Lipinski definition) is 1. The van der Waals surface area contributed by atoms with Gasteiger partial charge in [0, 0.05) is 11.5 Å². The van der Waals surface area contributed by atoms with Crippen LogP contribution < -0.4 is 5.14 Å². The standard InChI is InChI=1S/C13H24N4O2S/c1-12(2,3)17-10(9-7-6-8-13(9,4)5)15-16-11(17)20(14,18)19/h9H,6-8H2,1-5H3,(H2,14,18,19). The monoisotopic (exact) mass is 300 g/mol. The summed E-state index contributed by atoms with van der Waals surface area (Å²) in [7, 11) is -3.87. The fraction of sp³-hybridized carbons (Fsp3) is 0.846. The first-order valence-corrected chi connectivity index (χ1v) is 8.48. The summed E-state index contributed by atoms with van der Waals surface area (Å²) in [5.74, 6) is 0.953. The molecule has 0 aliphatic heterocycles. The first-order valence-electron chi connectivity index (χ1n) is 6.93. The van der Waals surface area contributed by atoms with Crippen LogP contribution in [0, 0.1) is 5.41 Å². The molecule has 0 aromatic carbocycles. The molecule has 7 heteroatoms. The molecule has 2 N–H and O–H groups in total. The Labute approximate surface area is 120 Å². The van der Waals surface area contributed by atoms with Crippen LogP contribution in [0.5, 0.6) is 0 Å². The quantitative estimate of drug-likeness (QED) is 0.904. The Bertz CT molecular complexity index is 611. The molecule has 1 heterocycles. The molecule has 0 amide bonds. The van der Waals surface area contributed by atoms with Gasteiger partial charge in [-0.2, -0.15) is 0 Å². The minimum atomic E-state index is -3.87. The molecule has 6 nitrogen and oxygen atoms in total. The lowest BCUT2D eigenvalue weighted by Gasteiger charge is -2.31. The van der Waals surface area contributed by atoms with E-state index in [0.717, 1.165) is 25.1 Å². The Hall–Kier alpha value is -0.950. The minimum absolute atomic E-state index is 0.103. The normalized spacial score (nSPS) is 23.2. The van der Waals surface area contributed by atoms with Crippen molar-refractivity contribution in [2.24, 2.45) is 10.6 Å². The highest BCUT2D eigenvalue weighted by Crippen LogP contribution is 2.49. The summed E-state index contributed by atoms with van der Waals surface area (Å²) in [6, 6.07) is 0. The highest BCUT2D eigenvalue weighted by atomic mass is 32.2. The Morgan fingerprint density at radius 1 is 1.30 bits per heavy atom. The van der Waals surface area contributed by atoms with Crippen molar-refractivity contribution in [3.63, 3.8) is 0 Å². The molecule has 0 spiro atoms. The molecular weight excluding hydrogens is 276 g/mol. The second kappa shape index (κ2) is 4.53. The second-order valence-electron chi connectivity index (χ2n) is 7.33. The van der Waals surface area contributed by atoms with E-state index in [1.54, 1.807) is 4.57 Å². The van der Waals surface area contributed by atoms with Crippen LogP contribution in [0.1, 0.15) is 65.6 Å². The fourth-order valence-corrected chi connectivity index (χ4v) is 3.90. The van der Waals surface area contributed by atoms with E-state index in [9.17, 15) is 8.42 Å². The largest absolute Gasteiger partial charge is 0.295 e. The Balaban J connectivity index is 2.64. The average Bonchev–Trinajstić information content (AvgIpc) is 2.77. The van der Waals surface area contributed by atoms with Gasteiger partial charge in [0.05, 0.1) is 0 Å². The summed E-state index contributed by atoms with van der Waals surface area (Å²) in [6.07, 6.45) is 3.24. The number of nitrogens with zero attached hydrogens (tertiary/aromatic N) is 3. The zero-order valence-electron chi connectivity index (χ0n) is 12.8. The fourth-order valence-electron chi connectivity index (χ4n) is 3.13. The summed E-state index contributed by atoms with van der Waals surface area (Å²) >= 11 is 0. The van der Waals surface area contributed by atoms with E-state index >= 15 is 0 Å². The molecule has 20 heavy (non-hydrogen) atoms. The van der Waals surface area contributed by atoms with Crippen molar-refractivity contribution < 1.29 is 8.42 Å². The third-order valence-corrected chi connectivity index (χ3v) is 4.93. The Morgan fingerprint density at radius 2 is 1.90 bits per heavy atom.